The monoisotopic (exact) mass is 367 g/mol. The number of amides is 1. The van der Waals surface area contributed by atoms with Crippen LogP contribution in [0.1, 0.15) is 32.4 Å². The van der Waals surface area contributed by atoms with Gasteiger partial charge in [-0.1, -0.05) is 6.07 Å². The van der Waals surface area contributed by atoms with Gasteiger partial charge in [-0.25, -0.2) is 24.0 Å². The summed E-state index contributed by atoms with van der Waals surface area (Å²) in [6.07, 6.45) is 1.24. The summed E-state index contributed by atoms with van der Waals surface area (Å²) in [6, 6.07) is 6.40. The van der Waals surface area contributed by atoms with Crippen molar-refractivity contribution < 1.29 is 19.1 Å². The van der Waals surface area contributed by atoms with E-state index in [4.69, 9.17) is 4.42 Å². The van der Waals surface area contributed by atoms with Crippen LogP contribution in [0.2, 0.25) is 0 Å². The summed E-state index contributed by atoms with van der Waals surface area (Å²) in [5, 5.41) is 12.0. The summed E-state index contributed by atoms with van der Waals surface area (Å²) in [5.74, 6) is -1.36. The molecule has 0 bridgehead atoms. The summed E-state index contributed by atoms with van der Waals surface area (Å²) in [4.78, 5) is 46.1. The molecule has 4 aromatic rings. The zero-order valence-electron chi connectivity index (χ0n) is 14.0. The van der Waals surface area contributed by atoms with E-state index >= 15 is 0 Å². The van der Waals surface area contributed by atoms with Crippen LogP contribution < -0.4 is 11.0 Å². The fourth-order valence-electron chi connectivity index (χ4n) is 2.77. The normalized spacial score (nSPS) is 11.1. The highest BCUT2D eigenvalue weighted by atomic mass is 16.4. The number of hydrogen-bond acceptors (Lipinski definition) is 6. The quantitative estimate of drug-likeness (QED) is 0.490. The maximum Gasteiger partial charge on any atom is 0.353 e. The first kappa shape index (κ1) is 16.5. The molecule has 0 aliphatic heterocycles. The standard InChI is InChI=1S/C17H13N5O5/c1-8-20-10-4-9(2-3-13(10)27-8)6-18-15(23)11-5-12(16(24)25)22-14(21-11)7-19-17(22)26/h2-5,7H,6H2,1H3,(H,18,23)(H,19,26)(H,24,25). The van der Waals surface area contributed by atoms with E-state index in [0.717, 1.165) is 16.0 Å². The fraction of sp³-hybridized carbons (Fsp3) is 0.118. The van der Waals surface area contributed by atoms with Gasteiger partial charge in [0.2, 0.25) is 0 Å². The Morgan fingerprint density at radius 3 is 2.89 bits per heavy atom. The predicted octanol–water partition coefficient (Wildman–Crippen LogP) is 1.10. The Balaban J connectivity index is 1.60. The first-order chi connectivity index (χ1) is 12.9. The molecule has 0 spiro atoms. The van der Waals surface area contributed by atoms with E-state index in [1.54, 1.807) is 25.1 Å². The number of carboxylic acid groups (broad SMARTS) is 1. The highest BCUT2D eigenvalue weighted by molar-refractivity contribution is 5.96. The third-order valence-corrected chi connectivity index (χ3v) is 3.97. The van der Waals surface area contributed by atoms with Crippen molar-refractivity contribution in [3.05, 3.63) is 63.8 Å². The van der Waals surface area contributed by atoms with Crippen LogP contribution in [0.15, 0.2) is 39.7 Å². The van der Waals surface area contributed by atoms with Gasteiger partial charge in [-0.15, -0.1) is 0 Å². The molecule has 10 nitrogen and oxygen atoms in total. The van der Waals surface area contributed by atoms with Crippen molar-refractivity contribution in [1.29, 1.82) is 0 Å². The predicted molar refractivity (Wildman–Crippen MR) is 92.7 cm³/mol. The van der Waals surface area contributed by atoms with Crippen LogP contribution in [0.5, 0.6) is 0 Å². The average Bonchev–Trinajstić information content (AvgIpc) is 3.20. The van der Waals surface area contributed by atoms with E-state index in [1.165, 1.54) is 6.20 Å². The summed E-state index contributed by atoms with van der Waals surface area (Å²) < 4.78 is 6.29. The van der Waals surface area contributed by atoms with E-state index in [9.17, 15) is 19.5 Å². The highest BCUT2D eigenvalue weighted by Crippen LogP contribution is 2.16. The minimum Gasteiger partial charge on any atom is -0.477 e. The number of fused-ring (bicyclic) bond motifs is 2. The lowest BCUT2D eigenvalue weighted by Gasteiger charge is -2.07. The average molecular weight is 367 g/mol. The molecule has 0 radical (unpaired) electrons. The molecule has 0 unspecified atom stereocenters. The smallest absolute Gasteiger partial charge is 0.353 e. The van der Waals surface area contributed by atoms with Crippen molar-refractivity contribution in [2.45, 2.75) is 13.5 Å². The molecule has 0 saturated heterocycles. The molecular weight excluding hydrogens is 354 g/mol. The SMILES string of the molecule is Cc1nc2cc(CNC(=O)c3cc(C(=O)O)n4c(=O)[nH]cc4n3)ccc2o1. The number of aromatic carboxylic acids is 1. The van der Waals surface area contributed by atoms with Crippen LogP contribution in [-0.2, 0) is 6.54 Å². The zero-order chi connectivity index (χ0) is 19.1. The summed E-state index contributed by atoms with van der Waals surface area (Å²) >= 11 is 0. The van der Waals surface area contributed by atoms with Crippen LogP contribution in [0.3, 0.4) is 0 Å². The van der Waals surface area contributed by atoms with Crippen LogP contribution >= 0.6 is 0 Å². The van der Waals surface area contributed by atoms with Crippen molar-refractivity contribution >= 4 is 28.6 Å². The molecule has 136 valence electrons. The minimum atomic E-state index is -1.34. The first-order valence-corrected chi connectivity index (χ1v) is 7.91. The number of imidazole rings is 1. The Labute approximate surface area is 150 Å². The van der Waals surface area contributed by atoms with Gasteiger partial charge in [0.15, 0.2) is 17.1 Å². The van der Waals surface area contributed by atoms with Gasteiger partial charge in [0.05, 0.1) is 0 Å². The van der Waals surface area contributed by atoms with E-state index in [0.29, 0.717) is 17.0 Å². The number of nitrogens with one attached hydrogen (secondary N) is 2. The van der Waals surface area contributed by atoms with Crippen LogP contribution in [0.25, 0.3) is 16.7 Å². The molecule has 3 aromatic heterocycles. The number of benzene rings is 1. The largest absolute Gasteiger partial charge is 0.477 e. The molecule has 0 atom stereocenters. The second-order valence-corrected chi connectivity index (χ2v) is 5.84. The third-order valence-electron chi connectivity index (χ3n) is 3.97. The van der Waals surface area contributed by atoms with Gasteiger partial charge < -0.3 is 19.8 Å². The Kier molecular flexibility index (Phi) is 3.73. The molecule has 1 aromatic carbocycles. The van der Waals surface area contributed by atoms with E-state index in [-0.39, 0.29) is 23.6 Å². The number of nitrogens with zero attached hydrogens (tertiary/aromatic N) is 3. The maximum absolute atomic E-state index is 12.4. The van der Waals surface area contributed by atoms with Gasteiger partial charge in [0.25, 0.3) is 5.91 Å². The van der Waals surface area contributed by atoms with Gasteiger partial charge >= 0.3 is 11.7 Å². The molecule has 3 N–H and O–H groups in total. The Morgan fingerprint density at radius 2 is 2.11 bits per heavy atom. The van der Waals surface area contributed by atoms with Gasteiger partial charge in [-0.2, -0.15) is 0 Å². The first-order valence-electron chi connectivity index (χ1n) is 7.91. The number of aromatic nitrogens is 4. The van der Waals surface area contributed by atoms with E-state index in [1.807, 2.05) is 0 Å². The van der Waals surface area contributed by atoms with E-state index < -0.39 is 17.6 Å². The summed E-state index contributed by atoms with van der Waals surface area (Å²) in [7, 11) is 0. The van der Waals surface area contributed by atoms with Crippen molar-refractivity contribution in [3.8, 4) is 0 Å². The number of carbonyl (C=O) groups excluding carboxylic acids is 1. The van der Waals surface area contributed by atoms with Crippen molar-refractivity contribution in [1.82, 2.24) is 24.7 Å². The molecule has 3 heterocycles. The second-order valence-electron chi connectivity index (χ2n) is 5.84. The molecule has 0 saturated carbocycles. The number of hydrogen-bond donors (Lipinski definition) is 3. The Hall–Kier alpha value is -3.95. The molecule has 10 heteroatoms. The molecular formula is C17H13N5O5. The van der Waals surface area contributed by atoms with Gasteiger partial charge in [-0.3, -0.25) is 4.79 Å². The number of aryl methyl sites for hydroxylation is 1. The van der Waals surface area contributed by atoms with Crippen molar-refractivity contribution in [3.63, 3.8) is 0 Å². The highest BCUT2D eigenvalue weighted by Gasteiger charge is 2.18. The number of oxazole rings is 1. The summed E-state index contributed by atoms with van der Waals surface area (Å²) in [5.41, 5.74) is 1.07. The lowest BCUT2D eigenvalue weighted by atomic mass is 10.2. The third kappa shape index (κ3) is 2.92. The van der Waals surface area contributed by atoms with Gasteiger partial charge in [0, 0.05) is 25.7 Å². The number of carbonyl (C=O) groups is 2. The number of carboxylic acids is 1. The van der Waals surface area contributed by atoms with Crippen LogP contribution in [0.4, 0.5) is 0 Å². The lowest BCUT2D eigenvalue weighted by Crippen LogP contribution is -2.26. The Morgan fingerprint density at radius 1 is 1.30 bits per heavy atom. The molecule has 0 fully saturated rings. The topological polar surface area (TPSA) is 143 Å². The zero-order valence-corrected chi connectivity index (χ0v) is 14.0. The summed E-state index contributed by atoms with van der Waals surface area (Å²) in [6.45, 7) is 1.94. The van der Waals surface area contributed by atoms with Gasteiger partial charge in [0.1, 0.15) is 16.9 Å². The number of H-pyrrole nitrogens is 1. The Bertz CT molecular complexity index is 1270. The van der Waals surface area contributed by atoms with E-state index in [2.05, 4.69) is 20.3 Å². The molecule has 27 heavy (non-hydrogen) atoms. The van der Waals surface area contributed by atoms with Crippen LogP contribution in [0, 0.1) is 6.92 Å². The van der Waals surface area contributed by atoms with Crippen LogP contribution in [-0.4, -0.2) is 36.3 Å². The molecule has 1 amide bonds. The van der Waals surface area contributed by atoms with Gasteiger partial charge in [-0.05, 0) is 17.7 Å². The fourth-order valence-corrected chi connectivity index (χ4v) is 2.77. The maximum atomic E-state index is 12.4. The van der Waals surface area contributed by atoms with Crippen molar-refractivity contribution in [2.75, 3.05) is 0 Å². The number of aromatic amines is 1. The molecule has 4 rings (SSSR count). The number of rotatable bonds is 4. The van der Waals surface area contributed by atoms with Crippen molar-refractivity contribution in [2.24, 2.45) is 0 Å². The molecule has 0 aliphatic carbocycles. The molecule has 0 aliphatic rings. The lowest BCUT2D eigenvalue weighted by molar-refractivity contribution is 0.0688. The second kappa shape index (κ2) is 6.09. The minimum absolute atomic E-state index is 0.0459.